The predicted molar refractivity (Wildman–Crippen MR) is 113 cm³/mol. The maximum Gasteiger partial charge on any atom is 0.318 e. The van der Waals surface area contributed by atoms with E-state index in [1.807, 2.05) is 6.08 Å². The molecule has 4 aliphatic rings. The summed E-state index contributed by atoms with van der Waals surface area (Å²) in [5.74, 6) is 0.492. The smallest absolute Gasteiger partial charge is 0.318 e. The fourth-order valence-corrected chi connectivity index (χ4v) is 7.13. The third kappa shape index (κ3) is 3.19. The van der Waals surface area contributed by atoms with Crippen molar-refractivity contribution in [1.29, 1.82) is 0 Å². The minimum absolute atomic E-state index is 0.00345. The highest BCUT2D eigenvalue weighted by Gasteiger charge is 2.71. The summed E-state index contributed by atoms with van der Waals surface area (Å²) in [5, 5.41) is 11.2. The highest BCUT2D eigenvalue weighted by Crippen LogP contribution is 2.64. The summed E-state index contributed by atoms with van der Waals surface area (Å²) >= 11 is 0. The van der Waals surface area contributed by atoms with Gasteiger partial charge in [-0.05, 0) is 66.8 Å². The number of rotatable bonds is 4. The van der Waals surface area contributed by atoms with E-state index in [4.69, 9.17) is 9.47 Å². The molecule has 3 aliphatic carbocycles. The van der Waals surface area contributed by atoms with Crippen LogP contribution >= 0.6 is 0 Å². The average Bonchev–Trinajstić information content (AvgIpc) is 2.97. The first kappa shape index (κ1) is 22.0. The van der Waals surface area contributed by atoms with Gasteiger partial charge in [0.2, 0.25) is 6.29 Å². The summed E-state index contributed by atoms with van der Waals surface area (Å²) in [4.78, 5) is 25.5. The van der Waals surface area contributed by atoms with Crippen LogP contribution in [0.25, 0.3) is 0 Å². The van der Waals surface area contributed by atoms with E-state index in [0.29, 0.717) is 36.2 Å². The van der Waals surface area contributed by atoms with Crippen molar-refractivity contribution in [3.8, 4) is 0 Å². The second-order valence-corrected chi connectivity index (χ2v) is 11.3. The summed E-state index contributed by atoms with van der Waals surface area (Å²) in [6.07, 6.45) is 6.45. The number of ether oxygens (including phenoxy) is 2. The van der Waals surface area contributed by atoms with Crippen LogP contribution in [0.1, 0.15) is 73.1 Å². The number of aldehydes is 1. The Morgan fingerprint density at radius 2 is 2.00 bits per heavy atom. The van der Waals surface area contributed by atoms with E-state index in [9.17, 15) is 14.7 Å². The van der Waals surface area contributed by atoms with Crippen molar-refractivity contribution in [3.63, 3.8) is 0 Å². The van der Waals surface area contributed by atoms with Gasteiger partial charge in [0, 0.05) is 0 Å². The van der Waals surface area contributed by atoms with Crippen LogP contribution in [-0.2, 0) is 19.1 Å². The molecule has 8 atom stereocenters. The van der Waals surface area contributed by atoms with Crippen molar-refractivity contribution < 1.29 is 24.2 Å². The number of aliphatic hydroxyl groups is 1. The summed E-state index contributed by atoms with van der Waals surface area (Å²) in [6.45, 7) is 11.0. The van der Waals surface area contributed by atoms with E-state index < -0.39 is 23.7 Å². The molecule has 1 aliphatic heterocycles. The van der Waals surface area contributed by atoms with Gasteiger partial charge in [0.05, 0.1) is 18.1 Å². The summed E-state index contributed by atoms with van der Waals surface area (Å²) < 4.78 is 12.5. The lowest BCUT2D eigenvalue weighted by Crippen LogP contribution is -2.60. The minimum atomic E-state index is -1.08. The van der Waals surface area contributed by atoms with E-state index in [2.05, 4.69) is 34.6 Å². The largest absolute Gasteiger partial charge is 0.434 e. The molecule has 5 heteroatoms. The van der Waals surface area contributed by atoms with Gasteiger partial charge in [-0.15, -0.1) is 0 Å². The Labute approximate surface area is 180 Å². The Kier molecular flexibility index (Phi) is 5.68. The second-order valence-electron chi connectivity index (χ2n) is 11.3. The molecule has 0 aromatic carbocycles. The van der Waals surface area contributed by atoms with Gasteiger partial charge < -0.3 is 14.6 Å². The molecular weight excluding hydrogens is 380 g/mol. The Morgan fingerprint density at radius 1 is 1.27 bits per heavy atom. The SMILES string of the molecule is CC(C)[C@H]1CC[C@H](C)C[C@@H]1O[C@H]1OC(=O)[C@@]23[C@@H]1C(C=O)=CC[C@H]2C(C)(C)CC[C@@H]3O. The Balaban J connectivity index is 1.71. The standard InChI is InChI=1S/C25H38O5/c1-14(2)17-8-6-15(3)12-18(17)29-22-21-16(13-26)7-9-19-24(4,5)11-10-20(27)25(19,21)23(28)30-22/h7,13-15,17-22,27H,6,8-12H2,1-5H3/t15-,17+,18-,19-,20-,21+,22-,25-/m0/s1. The minimum Gasteiger partial charge on any atom is -0.434 e. The number of cyclic esters (lactones) is 1. The summed E-state index contributed by atoms with van der Waals surface area (Å²) in [6, 6.07) is 0. The molecule has 2 saturated carbocycles. The Hall–Kier alpha value is -1.20. The van der Waals surface area contributed by atoms with E-state index in [0.717, 1.165) is 25.5 Å². The molecule has 0 amide bonds. The highest BCUT2D eigenvalue weighted by molar-refractivity contribution is 5.87. The molecule has 0 unspecified atom stereocenters. The quantitative estimate of drug-likeness (QED) is 0.545. The third-order valence-electron chi connectivity index (χ3n) is 8.85. The summed E-state index contributed by atoms with van der Waals surface area (Å²) in [7, 11) is 0. The van der Waals surface area contributed by atoms with Gasteiger partial charge in [0.1, 0.15) is 11.7 Å². The lowest BCUT2D eigenvalue weighted by atomic mass is 9.47. The average molecular weight is 419 g/mol. The maximum atomic E-state index is 13.5. The molecule has 1 spiro atoms. The molecule has 0 aromatic heterocycles. The highest BCUT2D eigenvalue weighted by atomic mass is 16.7. The zero-order chi connectivity index (χ0) is 21.8. The summed E-state index contributed by atoms with van der Waals surface area (Å²) in [5.41, 5.74) is -0.634. The zero-order valence-electron chi connectivity index (χ0n) is 19.1. The van der Waals surface area contributed by atoms with E-state index in [1.54, 1.807) is 0 Å². The predicted octanol–water partition coefficient (Wildman–Crippen LogP) is 4.28. The van der Waals surface area contributed by atoms with E-state index in [1.165, 1.54) is 6.42 Å². The Morgan fingerprint density at radius 3 is 2.67 bits per heavy atom. The van der Waals surface area contributed by atoms with E-state index in [-0.39, 0.29) is 23.4 Å². The molecule has 30 heavy (non-hydrogen) atoms. The normalized spacial score (nSPS) is 45.4. The van der Waals surface area contributed by atoms with Crippen LogP contribution in [0, 0.1) is 40.4 Å². The van der Waals surface area contributed by atoms with Crippen LogP contribution in [0.5, 0.6) is 0 Å². The molecule has 1 N–H and O–H groups in total. The number of carbonyl (C=O) groups excluding carboxylic acids is 2. The van der Waals surface area contributed by atoms with Crippen molar-refractivity contribution in [2.24, 2.45) is 40.4 Å². The number of esters is 1. The van der Waals surface area contributed by atoms with Gasteiger partial charge in [-0.1, -0.05) is 47.1 Å². The third-order valence-corrected chi connectivity index (χ3v) is 8.85. The van der Waals surface area contributed by atoms with Crippen LogP contribution in [0.15, 0.2) is 11.6 Å². The van der Waals surface area contributed by atoms with Crippen LogP contribution in [0.2, 0.25) is 0 Å². The van der Waals surface area contributed by atoms with Gasteiger partial charge in [0.25, 0.3) is 0 Å². The first-order chi connectivity index (χ1) is 14.1. The molecule has 0 radical (unpaired) electrons. The van der Waals surface area contributed by atoms with Crippen LogP contribution in [-0.4, -0.2) is 35.9 Å². The molecule has 5 nitrogen and oxygen atoms in total. The number of allylic oxidation sites excluding steroid dienone is 1. The van der Waals surface area contributed by atoms with Crippen molar-refractivity contribution in [2.45, 2.75) is 91.6 Å². The molecule has 3 fully saturated rings. The number of hydrogen-bond acceptors (Lipinski definition) is 5. The molecular formula is C25H38O5. The first-order valence-corrected chi connectivity index (χ1v) is 11.8. The Bertz CT molecular complexity index is 725. The van der Waals surface area contributed by atoms with Crippen molar-refractivity contribution in [1.82, 2.24) is 0 Å². The van der Waals surface area contributed by atoms with Crippen molar-refractivity contribution in [3.05, 3.63) is 11.6 Å². The van der Waals surface area contributed by atoms with E-state index >= 15 is 0 Å². The molecule has 0 bridgehead atoms. The van der Waals surface area contributed by atoms with Crippen molar-refractivity contribution in [2.75, 3.05) is 0 Å². The van der Waals surface area contributed by atoms with Crippen LogP contribution in [0.4, 0.5) is 0 Å². The maximum absolute atomic E-state index is 13.5. The van der Waals surface area contributed by atoms with Gasteiger partial charge in [-0.3, -0.25) is 9.59 Å². The lowest BCUT2D eigenvalue weighted by Gasteiger charge is -2.55. The second kappa shape index (κ2) is 7.74. The van der Waals surface area contributed by atoms with Crippen LogP contribution in [0.3, 0.4) is 0 Å². The van der Waals surface area contributed by atoms with Crippen molar-refractivity contribution >= 4 is 12.3 Å². The zero-order valence-corrected chi connectivity index (χ0v) is 19.1. The monoisotopic (exact) mass is 418 g/mol. The molecule has 1 heterocycles. The molecule has 0 aromatic rings. The van der Waals surface area contributed by atoms with Gasteiger partial charge >= 0.3 is 5.97 Å². The molecule has 1 saturated heterocycles. The van der Waals surface area contributed by atoms with Gasteiger partial charge in [0.15, 0.2) is 0 Å². The first-order valence-electron chi connectivity index (χ1n) is 11.8. The molecule has 4 rings (SSSR count). The lowest BCUT2D eigenvalue weighted by molar-refractivity contribution is -0.193. The fraction of sp³-hybridized carbons (Fsp3) is 0.840. The van der Waals surface area contributed by atoms with Gasteiger partial charge in [-0.25, -0.2) is 0 Å². The number of carbonyl (C=O) groups is 2. The van der Waals surface area contributed by atoms with Gasteiger partial charge in [-0.2, -0.15) is 0 Å². The fourth-order valence-electron chi connectivity index (χ4n) is 7.13. The number of hydrogen-bond donors (Lipinski definition) is 1. The van der Waals surface area contributed by atoms with Crippen LogP contribution < -0.4 is 0 Å². The number of aliphatic hydroxyl groups excluding tert-OH is 1. The molecule has 168 valence electrons. The topological polar surface area (TPSA) is 72.8 Å².